The summed E-state index contributed by atoms with van der Waals surface area (Å²) in [5.41, 5.74) is 0. The van der Waals surface area contributed by atoms with E-state index in [1.165, 1.54) is 0 Å². The smallest absolute Gasteiger partial charge is 0.220 e. The number of rotatable bonds is 13. The lowest BCUT2D eigenvalue weighted by Gasteiger charge is -2.07. The zero-order chi connectivity index (χ0) is 15.1. The van der Waals surface area contributed by atoms with Gasteiger partial charge in [-0.3, -0.25) is 9.59 Å². The summed E-state index contributed by atoms with van der Waals surface area (Å²) in [4.78, 5) is 22.3. The van der Waals surface area contributed by atoms with Crippen LogP contribution >= 0.6 is 0 Å². The van der Waals surface area contributed by atoms with Crippen LogP contribution in [0.3, 0.4) is 0 Å². The second-order valence-corrected chi connectivity index (χ2v) is 4.42. The maximum Gasteiger partial charge on any atom is 0.220 e. The molecular weight excluding hydrogens is 260 g/mol. The normalized spacial score (nSPS) is 10.3. The van der Waals surface area contributed by atoms with Gasteiger partial charge in [0.25, 0.3) is 0 Å². The Balaban J connectivity index is 3.13. The lowest BCUT2D eigenvalue weighted by molar-refractivity contribution is -0.122. The molecular formula is C14H28N2O4. The Morgan fingerprint density at radius 1 is 0.750 bits per heavy atom. The standard InChI is InChI=1S/C14H28N2O4/c1-3-5-13(17)15-7-9-19-11-12-20-10-8-16-14(18)6-4-2/h3-12H2,1-2H3,(H,15,17)(H,16,18). The fraction of sp³-hybridized carbons (Fsp3) is 0.857. The van der Waals surface area contributed by atoms with Crippen LogP contribution in [0.15, 0.2) is 0 Å². The van der Waals surface area contributed by atoms with Gasteiger partial charge in [0, 0.05) is 25.9 Å². The van der Waals surface area contributed by atoms with Gasteiger partial charge >= 0.3 is 0 Å². The van der Waals surface area contributed by atoms with Crippen LogP contribution in [-0.4, -0.2) is 51.3 Å². The summed E-state index contributed by atoms with van der Waals surface area (Å²) in [5.74, 6) is 0.130. The Kier molecular flexibility index (Phi) is 13.5. The fourth-order valence-corrected chi connectivity index (χ4v) is 1.48. The van der Waals surface area contributed by atoms with E-state index in [0.29, 0.717) is 52.4 Å². The number of carbonyl (C=O) groups excluding carboxylic acids is 2. The topological polar surface area (TPSA) is 76.7 Å². The first-order valence-electron chi connectivity index (χ1n) is 7.39. The van der Waals surface area contributed by atoms with Gasteiger partial charge in [-0.2, -0.15) is 0 Å². The molecule has 0 saturated carbocycles. The third-order valence-electron chi connectivity index (χ3n) is 2.46. The van der Waals surface area contributed by atoms with E-state index in [4.69, 9.17) is 9.47 Å². The molecule has 0 atom stereocenters. The van der Waals surface area contributed by atoms with Crippen LogP contribution in [0, 0.1) is 0 Å². The minimum Gasteiger partial charge on any atom is -0.377 e. The summed E-state index contributed by atoms with van der Waals surface area (Å²) in [6.07, 6.45) is 2.84. The summed E-state index contributed by atoms with van der Waals surface area (Å²) >= 11 is 0. The summed E-state index contributed by atoms with van der Waals surface area (Å²) in [6, 6.07) is 0. The molecule has 0 aliphatic rings. The van der Waals surface area contributed by atoms with Crippen LogP contribution in [-0.2, 0) is 19.1 Å². The number of carbonyl (C=O) groups is 2. The van der Waals surface area contributed by atoms with Gasteiger partial charge < -0.3 is 20.1 Å². The largest absolute Gasteiger partial charge is 0.377 e. The number of hydrogen-bond acceptors (Lipinski definition) is 4. The highest BCUT2D eigenvalue weighted by Gasteiger charge is 1.98. The van der Waals surface area contributed by atoms with E-state index in [-0.39, 0.29) is 11.8 Å². The molecule has 0 aromatic rings. The van der Waals surface area contributed by atoms with E-state index < -0.39 is 0 Å². The molecule has 2 N–H and O–H groups in total. The third-order valence-corrected chi connectivity index (χ3v) is 2.46. The molecule has 0 fully saturated rings. The second kappa shape index (κ2) is 14.3. The van der Waals surface area contributed by atoms with E-state index >= 15 is 0 Å². The first-order valence-corrected chi connectivity index (χ1v) is 7.39. The van der Waals surface area contributed by atoms with Gasteiger partial charge in [-0.25, -0.2) is 0 Å². The zero-order valence-electron chi connectivity index (χ0n) is 12.7. The second-order valence-electron chi connectivity index (χ2n) is 4.42. The van der Waals surface area contributed by atoms with Crippen LogP contribution in [0.4, 0.5) is 0 Å². The molecule has 0 radical (unpaired) electrons. The molecule has 0 heterocycles. The van der Waals surface area contributed by atoms with Crippen molar-refractivity contribution in [3.05, 3.63) is 0 Å². The van der Waals surface area contributed by atoms with Gasteiger partial charge in [0.05, 0.1) is 26.4 Å². The molecule has 6 nitrogen and oxygen atoms in total. The average molecular weight is 288 g/mol. The molecule has 2 amide bonds. The third kappa shape index (κ3) is 13.3. The number of nitrogens with one attached hydrogen (secondary N) is 2. The Morgan fingerprint density at radius 2 is 1.15 bits per heavy atom. The van der Waals surface area contributed by atoms with Crippen molar-refractivity contribution < 1.29 is 19.1 Å². The predicted molar refractivity (Wildman–Crippen MR) is 77.5 cm³/mol. The molecule has 0 unspecified atom stereocenters. The molecule has 20 heavy (non-hydrogen) atoms. The summed E-state index contributed by atoms with van der Waals surface area (Å²) in [6.45, 7) is 6.98. The SMILES string of the molecule is CCCC(=O)NCCOCCOCCNC(=O)CCC. The molecule has 0 saturated heterocycles. The van der Waals surface area contributed by atoms with Gasteiger partial charge in [-0.15, -0.1) is 0 Å². The molecule has 6 heteroatoms. The van der Waals surface area contributed by atoms with Crippen molar-refractivity contribution in [2.75, 3.05) is 39.5 Å². The lowest BCUT2D eigenvalue weighted by atomic mass is 10.3. The Hall–Kier alpha value is -1.14. The van der Waals surface area contributed by atoms with E-state index in [2.05, 4.69) is 10.6 Å². The highest BCUT2D eigenvalue weighted by molar-refractivity contribution is 5.76. The van der Waals surface area contributed by atoms with Crippen molar-refractivity contribution in [1.29, 1.82) is 0 Å². The van der Waals surface area contributed by atoms with Gasteiger partial charge in [0.2, 0.25) is 11.8 Å². The van der Waals surface area contributed by atoms with E-state index in [0.717, 1.165) is 12.8 Å². The fourth-order valence-electron chi connectivity index (χ4n) is 1.48. The molecule has 0 aromatic carbocycles. The molecule has 0 aliphatic carbocycles. The van der Waals surface area contributed by atoms with Gasteiger partial charge in [0.1, 0.15) is 0 Å². The first-order chi connectivity index (χ1) is 9.70. The van der Waals surface area contributed by atoms with Crippen LogP contribution in [0.5, 0.6) is 0 Å². The van der Waals surface area contributed by atoms with Crippen molar-refractivity contribution in [3.8, 4) is 0 Å². The molecule has 0 bridgehead atoms. The van der Waals surface area contributed by atoms with E-state index in [1.54, 1.807) is 0 Å². The Morgan fingerprint density at radius 3 is 1.50 bits per heavy atom. The molecule has 0 aliphatic heterocycles. The zero-order valence-corrected chi connectivity index (χ0v) is 12.7. The molecule has 0 rings (SSSR count). The number of hydrogen-bond donors (Lipinski definition) is 2. The van der Waals surface area contributed by atoms with Crippen LogP contribution in [0.2, 0.25) is 0 Å². The van der Waals surface area contributed by atoms with Crippen LogP contribution in [0.1, 0.15) is 39.5 Å². The highest BCUT2D eigenvalue weighted by Crippen LogP contribution is 1.86. The predicted octanol–water partition coefficient (Wildman–Crippen LogP) is 0.852. The molecule has 0 spiro atoms. The highest BCUT2D eigenvalue weighted by atomic mass is 16.5. The summed E-state index contributed by atoms with van der Waals surface area (Å²) in [7, 11) is 0. The van der Waals surface area contributed by atoms with Gasteiger partial charge in [-0.05, 0) is 12.8 Å². The maximum atomic E-state index is 11.1. The Bertz CT molecular complexity index is 234. The van der Waals surface area contributed by atoms with Gasteiger partial charge in [-0.1, -0.05) is 13.8 Å². The van der Waals surface area contributed by atoms with Crippen LogP contribution in [0.25, 0.3) is 0 Å². The minimum atomic E-state index is 0.0650. The molecule has 0 aromatic heterocycles. The average Bonchev–Trinajstić information content (AvgIpc) is 2.41. The quantitative estimate of drug-likeness (QED) is 0.493. The van der Waals surface area contributed by atoms with E-state index in [1.807, 2.05) is 13.8 Å². The van der Waals surface area contributed by atoms with E-state index in [9.17, 15) is 9.59 Å². The monoisotopic (exact) mass is 288 g/mol. The number of ether oxygens (including phenoxy) is 2. The lowest BCUT2D eigenvalue weighted by Crippen LogP contribution is -2.28. The number of amides is 2. The first kappa shape index (κ1) is 18.9. The minimum absolute atomic E-state index is 0.0650. The van der Waals surface area contributed by atoms with Crippen molar-refractivity contribution in [1.82, 2.24) is 10.6 Å². The van der Waals surface area contributed by atoms with Crippen molar-refractivity contribution >= 4 is 11.8 Å². The van der Waals surface area contributed by atoms with Crippen molar-refractivity contribution in [3.63, 3.8) is 0 Å². The Labute approximate surface area is 121 Å². The maximum absolute atomic E-state index is 11.1. The summed E-state index contributed by atoms with van der Waals surface area (Å²) < 4.78 is 10.6. The van der Waals surface area contributed by atoms with Crippen LogP contribution < -0.4 is 10.6 Å². The van der Waals surface area contributed by atoms with Gasteiger partial charge in [0.15, 0.2) is 0 Å². The van der Waals surface area contributed by atoms with Crippen molar-refractivity contribution in [2.24, 2.45) is 0 Å². The van der Waals surface area contributed by atoms with Crippen molar-refractivity contribution in [2.45, 2.75) is 39.5 Å². The summed E-state index contributed by atoms with van der Waals surface area (Å²) in [5, 5.41) is 5.53. The molecule has 118 valence electrons.